The number of Topliss-reactive ketones (excluding diaryl/α,β-unsaturated/α-hetero) is 2. The van der Waals surface area contributed by atoms with Gasteiger partial charge >= 0.3 is 11.9 Å². The number of fused-ring (bicyclic) bond motifs is 3. The van der Waals surface area contributed by atoms with Crippen molar-refractivity contribution in [2.45, 2.75) is 12.8 Å². The minimum Gasteiger partial charge on any atom is -0.481 e. The Kier molecular flexibility index (Phi) is 2.29. The van der Waals surface area contributed by atoms with Gasteiger partial charge in [0.2, 0.25) is 0 Å². The highest BCUT2D eigenvalue weighted by Crippen LogP contribution is 2.45. The number of carboxylic acids is 2. The lowest BCUT2D eigenvalue weighted by atomic mass is 9.57. The Morgan fingerprint density at radius 3 is 1.44 bits per heavy atom. The van der Waals surface area contributed by atoms with Crippen LogP contribution in [0.4, 0.5) is 0 Å². The van der Waals surface area contributed by atoms with E-state index in [4.69, 9.17) is 10.2 Å². The number of carbonyl (C=O) groups is 4. The molecule has 3 aliphatic rings. The largest absolute Gasteiger partial charge is 0.481 e. The van der Waals surface area contributed by atoms with Gasteiger partial charge in [-0.3, -0.25) is 19.2 Å². The summed E-state index contributed by atoms with van der Waals surface area (Å²) in [6.07, 6.45) is -0.242. The first-order valence-corrected chi connectivity index (χ1v) is 4.94. The van der Waals surface area contributed by atoms with Crippen LogP contribution in [-0.2, 0) is 19.2 Å². The van der Waals surface area contributed by atoms with Crippen molar-refractivity contribution in [3.05, 3.63) is 0 Å². The fourth-order valence-corrected chi connectivity index (χ4v) is 2.77. The van der Waals surface area contributed by atoms with Crippen molar-refractivity contribution < 1.29 is 29.4 Å². The van der Waals surface area contributed by atoms with Crippen LogP contribution in [0.3, 0.4) is 0 Å². The van der Waals surface area contributed by atoms with Crippen molar-refractivity contribution in [1.82, 2.24) is 0 Å². The predicted molar refractivity (Wildman–Crippen MR) is 48.5 cm³/mol. The Morgan fingerprint density at radius 1 is 0.875 bits per heavy atom. The molecule has 0 heterocycles. The van der Waals surface area contributed by atoms with Crippen LogP contribution < -0.4 is 0 Å². The number of hydrogen-bond donors (Lipinski definition) is 2. The minimum absolute atomic E-state index is 0.121. The minimum atomic E-state index is -1.30. The molecule has 2 bridgehead atoms. The summed E-state index contributed by atoms with van der Waals surface area (Å²) in [6, 6.07) is 0. The van der Waals surface area contributed by atoms with E-state index >= 15 is 0 Å². The zero-order valence-electron chi connectivity index (χ0n) is 8.25. The SMILES string of the molecule is O=C1CC2C(=O)CC1[C@@H](C(=O)O)[C@H]2C(=O)O. The fraction of sp³-hybridized carbons (Fsp3) is 0.600. The highest BCUT2D eigenvalue weighted by molar-refractivity contribution is 6.04. The topological polar surface area (TPSA) is 109 Å². The molecule has 6 nitrogen and oxygen atoms in total. The van der Waals surface area contributed by atoms with Gasteiger partial charge in [-0.05, 0) is 0 Å². The van der Waals surface area contributed by atoms with Gasteiger partial charge in [-0.2, -0.15) is 0 Å². The van der Waals surface area contributed by atoms with Crippen molar-refractivity contribution in [1.29, 1.82) is 0 Å². The van der Waals surface area contributed by atoms with Gasteiger partial charge in [0.25, 0.3) is 0 Å². The average Bonchev–Trinajstić information content (AvgIpc) is 2.17. The zero-order valence-corrected chi connectivity index (χ0v) is 8.25. The van der Waals surface area contributed by atoms with Crippen LogP contribution in [0.25, 0.3) is 0 Å². The van der Waals surface area contributed by atoms with Gasteiger partial charge in [0, 0.05) is 24.7 Å². The Balaban J connectivity index is 2.43. The molecule has 0 amide bonds. The summed E-state index contributed by atoms with van der Waals surface area (Å²) in [4.78, 5) is 44.9. The summed E-state index contributed by atoms with van der Waals surface area (Å²) in [5.74, 6) is -7.59. The maximum Gasteiger partial charge on any atom is 0.308 e. The molecule has 2 N–H and O–H groups in total. The molecule has 3 fully saturated rings. The van der Waals surface area contributed by atoms with Gasteiger partial charge in [0.1, 0.15) is 11.6 Å². The number of ketones is 2. The number of carbonyl (C=O) groups excluding carboxylic acids is 2. The Morgan fingerprint density at radius 2 is 1.19 bits per heavy atom. The molecule has 6 heteroatoms. The second kappa shape index (κ2) is 3.40. The first-order valence-electron chi connectivity index (χ1n) is 4.94. The number of carboxylic acid groups (broad SMARTS) is 2. The van der Waals surface area contributed by atoms with Gasteiger partial charge < -0.3 is 10.2 Å². The second-order valence-corrected chi connectivity index (χ2v) is 4.28. The molecule has 2 unspecified atom stereocenters. The smallest absolute Gasteiger partial charge is 0.308 e. The molecule has 0 aliphatic heterocycles. The number of hydrogen-bond acceptors (Lipinski definition) is 4. The molecular formula is C10H10O6. The van der Waals surface area contributed by atoms with Gasteiger partial charge in [0.15, 0.2) is 0 Å². The average molecular weight is 226 g/mol. The molecule has 0 saturated heterocycles. The summed E-state index contributed by atoms with van der Waals surface area (Å²) in [7, 11) is 0. The van der Waals surface area contributed by atoms with E-state index in [1.165, 1.54) is 0 Å². The number of rotatable bonds is 2. The maximum absolute atomic E-state index is 11.5. The van der Waals surface area contributed by atoms with E-state index in [1.54, 1.807) is 0 Å². The lowest BCUT2D eigenvalue weighted by Gasteiger charge is -2.42. The molecule has 3 aliphatic carbocycles. The third kappa shape index (κ3) is 1.33. The van der Waals surface area contributed by atoms with Gasteiger partial charge in [-0.1, -0.05) is 0 Å². The summed E-state index contributed by atoms with van der Waals surface area (Å²) in [6.45, 7) is 0. The number of aliphatic carboxylic acids is 2. The molecule has 4 atom stereocenters. The predicted octanol–water partition coefficient (Wildman–Crippen LogP) is -0.434. The van der Waals surface area contributed by atoms with Crippen LogP contribution in [0.2, 0.25) is 0 Å². The van der Waals surface area contributed by atoms with E-state index in [0.717, 1.165) is 0 Å². The van der Waals surface area contributed by atoms with E-state index in [9.17, 15) is 19.2 Å². The van der Waals surface area contributed by atoms with Crippen LogP contribution in [0.5, 0.6) is 0 Å². The summed E-state index contributed by atoms with van der Waals surface area (Å²) >= 11 is 0. The van der Waals surface area contributed by atoms with Crippen LogP contribution in [0.1, 0.15) is 12.8 Å². The lowest BCUT2D eigenvalue weighted by Crippen LogP contribution is -2.55. The van der Waals surface area contributed by atoms with Crippen LogP contribution >= 0.6 is 0 Å². The highest BCUT2D eigenvalue weighted by atomic mass is 16.4. The Labute approximate surface area is 90.2 Å². The fourth-order valence-electron chi connectivity index (χ4n) is 2.77. The summed E-state index contributed by atoms with van der Waals surface area (Å²) in [5, 5.41) is 17.9. The van der Waals surface area contributed by atoms with Crippen molar-refractivity contribution in [3.63, 3.8) is 0 Å². The van der Waals surface area contributed by atoms with E-state index in [1.807, 2.05) is 0 Å². The standard InChI is InChI=1S/C10H10O6/c11-5-1-3-6(12)2-4(5)8(10(15)16)7(3)9(13)14/h3-4,7-8H,1-2H2,(H,13,14)(H,15,16)/t3?,4?,7-,8+. The molecule has 0 aromatic carbocycles. The van der Waals surface area contributed by atoms with Gasteiger partial charge in [-0.15, -0.1) is 0 Å². The summed E-state index contributed by atoms with van der Waals surface area (Å²) in [5.41, 5.74) is 0. The zero-order chi connectivity index (χ0) is 12.0. The van der Waals surface area contributed by atoms with Crippen LogP contribution in [-0.4, -0.2) is 33.7 Å². The van der Waals surface area contributed by atoms with E-state index < -0.39 is 35.6 Å². The molecule has 3 rings (SSSR count). The van der Waals surface area contributed by atoms with E-state index in [0.29, 0.717) is 0 Å². The monoisotopic (exact) mass is 226 g/mol. The first-order chi connectivity index (χ1) is 7.43. The van der Waals surface area contributed by atoms with Gasteiger partial charge in [-0.25, -0.2) is 0 Å². The Hall–Kier alpha value is -1.72. The summed E-state index contributed by atoms with van der Waals surface area (Å²) < 4.78 is 0. The quantitative estimate of drug-likeness (QED) is 0.661. The normalized spacial score (nSPS) is 37.5. The van der Waals surface area contributed by atoms with Crippen molar-refractivity contribution in [3.8, 4) is 0 Å². The van der Waals surface area contributed by atoms with E-state index in [-0.39, 0.29) is 24.4 Å². The maximum atomic E-state index is 11.5. The molecule has 0 aromatic rings. The van der Waals surface area contributed by atoms with Crippen molar-refractivity contribution in [2.75, 3.05) is 0 Å². The molecular weight excluding hydrogens is 216 g/mol. The lowest BCUT2D eigenvalue weighted by molar-refractivity contribution is -0.172. The van der Waals surface area contributed by atoms with Crippen molar-refractivity contribution in [2.24, 2.45) is 23.7 Å². The Bertz CT molecular complexity index is 360. The third-order valence-electron chi connectivity index (χ3n) is 3.49. The molecule has 0 aromatic heterocycles. The van der Waals surface area contributed by atoms with Gasteiger partial charge in [0.05, 0.1) is 11.8 Å². The first kappa shape index (κ1) is 10.8. The molecule has 0 spiro atoms. The molecule has 0 radical (unpaired) electrons. The highest BCUT2D eigenvalue weighted by Gasteiger charge is 2.57. The van der Waals surface area contributed by atoms with Crippen LogP contribution in [0, 0.1) is 23.7 Å². The molecule has 16 heavy (non-hydrogen) atoms. The third-order valence-corrected chi connectivity index (χ3v) is 3.49. The van der Waals surface area contributed by atoms with Crippen LogP contribution in [0.15, 0.2) is 0 Å². The molecule has 86 valence electrons. The molecule has 3 saturated carbocycles. The second-order valence-electron chi connectivity index (χ2n) is 4.28. The van der Waals surface area contributed by atoms with E-state index in [2.05, 4.69) is 0 Å². The van der Waals surface area contributed by atoms with Crippen molar-refractivity contribution >= 4 is 23.5 Å².